The number of halogens is 1. The van der Waals surface area contributed by atoms with Crippen LogP contribution in [0.25, 0.3) is 0 Å². The summed E-state index contributed by atoms with van der Waals surface area (Å²) < 4.78 is 0. The number of nitrogens with two attached hydrogens (primary N) is 1. The molecule has 2 atom stereocenters. The molecule has 2 rings (SSSR count). The Labute approximate surface area is 119 Å². The van der Waals surface area contributed by atoms with Crippen LogP contribution >= 0.6 is 12.4 Å². The van der Waals surface area contributed by atoms with Crippen LogP contribution in [0, 0.1) is 0 Å². The molecule has 0 aromatic heterocycles. The zero-order valence-corrected chi connectivity index (χ0v) is 11.3. The maximum absolute atomic E-state index is 10.1. The van der Waals surface area contributed by atoms with Gasteiger partial charge in [-0.15, -0.1) is 12.4 Å². The Balaban J connectivity index is 0.00000180. The van der Waals surface area contributed by atoms with Crippen molar-refractivity contribution in [3.63, 3.8) is 0 Å². The van der Waals surface area contributed by atoms with Crippen LogP contribution in [-0.4, -0.2) is 16.3 Å². The van der Waals surface area contributed by atoms with Crippen molar-refractivity contribution in [1.29, 1.82) is 0 Å². The molecule has 0 amide bonds. The molecule has 3 nitrogen and oxygen atoms in total. The number of phenolic OH excluding ortho intramolecular Hbond substituents is 1. The normalized spacial score (nSPS) is 13.4. The Morgan fingerprint density at radius 3 is 2.11 bits per heavy atom. The van der Waals surface area contributed by atoms with Crippen molar-refractivity contribution in [3.8, 4) is 5.75 Å². The Morgan fingerprint density at radius 1 is 0.947 bits per heavy atom. The van der Waals surface area contributed by atoms with Gasteiger partial charge in [0, 0.05) is 6.42 Å². The molecule has 0 saturated carbocycles. The number of hydrogen-bond acceptors (Lipinski definition) is 3. The van der Waals surface area contributed by atoms with Crippen LogP contribution in [0.5, 0.6) is 5.75 Å². The lowest BCUT2D eigenvalue weighted by molar-refractivity contribution is 0.145. The fourth-order valence-corrected chi connectivity index (χ4v) is 1.90. The van der Waals surface area contributed by atoms with E-state index in [9.17, 15) is 10.2 Å². The average Bonchev–Trinajstić information content (AvgIpc) is 2.40. The molecule has 0 heterocycles. The van der Waals surface area contributed by atoms with Crippen LogP contribution in [0.4, 0.5) is 0 Å². The van der Waals surface area contributed by atoms with Gasteiger partial charge in [0.2, 0.25) is 0 Å². The van der Waals surface area contributed by atoms with Gasteiger partial charge in [0.1, 0.15) is 5.75 Å². The van der Waals surface area contributed by atoms with E-state index in [4.69, 9.17) is 5.73 Å². The Bertz CT molecular complexity index is 487. The number of aliphatic hydroxyl groups is 1. The quantitative estimate of drug-likeness (QED) is 0.805. The summed E-state index contributed by atoms with van der Waals surface area (Å²) in [4.78, 5) is 0. The van der Waals surface area contributed by atoms with Crippen molar-refractivity contribution in [2.45, 2.75) is 18.6 Å². The molecule has 0 spiro atoms. The fraction of sp³-hybridized carbons (Fsp3) is 0.200. The molecular formula is C15H18ClNO2. The zero-order chi connectivity index (χ0) is 13.0. The van der Waals surface area contributed by atoms with E-state index >= 15 is 0 Å². The van der Waals surface area contributed by atoms with E-state index in [1.165, 1.54) is 0 Å². The third-order valence-corrected chi connectivity index (χ3v) is 2.98. The SMILES string of the molecule is Cl.N[C@@H](c1ccc(O)cc1)[C@H](O)Cc1ccccc1. The highest BCUT2D eigenvalue weighted by molar-refractivity contribution is 5.85. The number of hydrogen-bond donors (Lipinski definition) is 3. The second kappa shape index (κ2) is 7.14. The van der Waals surface area contributed by atoms with Gasteiger partial charge in [-0.2, -0.15) is 0 Å². The Kier molecular flexibility index (Phi) is 5.83. The minimum Gasteiger partial charge on any atom is -0.508 e. The molecule has 0 bridgehead atoms. The Morgan fingerprint density at radius 2 is 1.53 bits per heavy atom. The van der Waals surface area contributed by atoms with E-state index in [1.54, 1.807) is 24.3 Å². The minimum atomic E-state index is -0.642. The van der Waals surface area contributed by atoms with Gasteiger partial charge in [-0.1, -0.05) is 42.5 Å². The van der Waals surface area contributed by atoms with Crippen LogP contribution in [0.1, 0.15) is 17.2 Å². The number of aliphatic hydroxyl groups excluding tert-OH is 1. The van der Waals surface area contributed by atoms with E-state index < -0.39 is 12.1 Å². The predicted molar refractivity (Wildman–Crippen MR) is 78.4 cm³/mol. The first-order valence-electron chi connectivity index (χ1n) is 5.93. The molecule has 4 heteroatoms. The number of phenols is 1. The molecule has 0 aliphatic rings. The summed E-state index contributed by atoms with van der Waals surface area (Å²) >= 11 is 0. The summed E-state index contributed by atoms with van der Waals surface area (Å²) in [5.74, 6) is 0.198. The molecular weight excluding hydrogens is 262 g/mol. The van der Waals surface area contributed by atoms with Crippen LogP contribution in [-0.2, 0) is 6.42 Å². The highest BCUT2D eigenvalue weighted by atomic mass is 35.5. The smallest absolute Gasteiger partial charge is 0.115 e. The van der Waals surface area contributed by atoms with E-state index in [1.807, 2.05) is 30.3 Å². The van der Waals surface area contributed by atoms with Crippen LogP contribution < -0.4 is 5.73 Å². The minimum absolute atomic E-state index is 0. The van der Waals surface area contributed by atoms with Crippen LogP contribution in [0.15, 0.2) is 54.6 Å². The van der Waals surface area contributed by atoms with E-state index in [-0.39, 0.29) is 18.2 Å². The zero-order valence-electron chi connectivity index (χ0n) is 10.4. The van der Waals surface area contributed by atoms with Gasteiger partial charge in [-0.25, -0.2) is 0 Å². The predicted octanol–water partition coefficient (Wildman–Crippen LogP) is 2.42. The highest BCUT2D eigenvalue weighted by Gasteiger charge is 2.17. The number of benzene rings is 2. The third kappa shape index (κ3) is 4.24. The molecule has 0 aliphatic heterocycles. The molecule has 0 fully saturated rings. The van der Waals surface area contributed by atoms with Crippen molar-refractivity contribution in [1.82, 2.24) is 0 Å². The molecule has 4 N–H and O–H groups in total. The van der Waals surface area contributed by atoms with Crippen molar-refractivity contribution in [3.05, 3.63) is 65.7 Å². The lowest BCUT2D eigenvalue weighted by Crippen LogP contribution is -2.28. The summed E-state index contributed by atoms with van der Waals surface area (Å²) in [5.41, 5.74) is 7.88. The van der Waals surface area contributed by atoms with Gasteiger partial charge in [0.15, 0.2) is 0 Å². The second-order valence-corrected chi connectivity index (χ2v) is 4.37. The standard InChI is InChI=1S/C15H17NO2.ClH/c16-15(12-6-8-13(17)9-7-12)14(18)10-11-4-2-1-3-5-11;/h1-9,14-15,17-18H,10,16H2;1H/t14-,15+;/m1./s1. The van der Waals surface area contributed by atoms with Gasteiger partial charge < -0.3 is 15.9 Å². The van der Waals surface area contributed by atoms with E-state index in [2.05, 4.69) is 0 Å². The van der Waals surface area contributed by atoms with E-state index in [0.717, 1.165) is 11.1 Å². The van der Waals surface area contributed by atoms with Crippen LogP contribution in [0.3, 0.4) is 0 Å². The first-order chi connectivity index (χ1) is 8.66. The molecule has 0 aliphatic carbocycles. The monoisotopic (exact) mass is 279 g/mol. The van der Waals surface area contributed by atoms with Gasteiger partial charge in [0.05, 0.1) is 12.1 Å². The molecule has 19 heavy (non-hydrogen) atoms. The highest BCUT2D eigenvalue weighted by Crippen LogP contribution is 2.19. The number of rotatable bonds is 4. The molecule has 0 radical (unpaired) electrons. The molecule has 102 valence electrons. The summed E-state index contributed by atoms with van der Waals surface area (Å²) in [6, 6.07) is 15.9. The lowest BCUT2D eigenvalue weighted by Gasteiger charge is -2.19. The largest absolute Gasteiger partial charge is 0.508 e. The van der Waals surface area contributed by atoms with Gasteiger partial charge in [-0.3, -0.25) is 0 Å². The maximum atomic E-state index is 10.1. The first-order valence-corrected chi connectivity index (χ1v) is 5.93. The van der Waals surface area contributed by atoms with Crippen molar-refractivity contribution >= 4 is 12.4 Å². The van der Waals surface area contributed by atoms with Crippen molar-refractivity contribution in [2.24, 2.45) is 5.73 Å². The summed E-state index contributed by atoms with van der Waals surface area (Å²) in [5, 5.41) is 19.3. The molecule has 2 aromatic rings. The maximum Gasteiger partial charge on any atom is 0.115 e. The second-order valence-electron chi connectivity index (χ2n) is 4.37. The van der Waals surface area contributed by atoms with Gasteiger partial charge >= 0.3 is 0 Å². The van der Waals surface area contributed by atoms with Gasteiger partial charge in [0.25, 0.3) is 0 Å². The molecule has 0 unspecified atom stereocenters. The summed E-state index contributed by atoms with van der Waals surface area (Å²) in [6.45, 7) is 0. The molecule has 2 aromatic carbocycles. The average molecular weight is 280 g/mol. The summed E-state index contributed by atoms with van der Waals surface area (Å²) in [7, 11) is 0. The topological polar surface area (TPSA) is 66.5 Å². The number of aromatic hydroxyl groups is 1. The first kappa shape index (κ1) is 15.5. The van der Waals surface area contributed by atoms with Crippen molar-refractivity contribution < 1.29 is 10.2 Å². The lowest BCUT2D eigenvalue weighted by atomic mass is 9.97. The van der Waals surface area contributed by atoms with E-state index in [0.29, 0.717) is 6.42 Å². The molecule has 0 saturated heterocycles. The fourth-order valence-electron chi connectivity index (χ4n) is 1.90. The van der Waals surface area contributed by atoms with Crippen molar-refractivity contribution in [2.75, 3.05) is 0 Å². The van der Waals surface area contributed by atoms with Crippen LogP contribution in [0.2, 0.25) is 0 Å². The third-order valence-electron chi connectivity index (χ3n) is 2.98. The van der Waals surface area contributed by atoms with Gasteiger partial charge in [-0.05, 0) is 23.3 Å². The Hall–Kier alpha value is -1.55. The summed E-state index contributed by atoms with van der Waals surface area (Å²) in [6.07, 6.45) is -0.125.